The Balaban J connectivity index is 2.17. The molecular weight excluding hydrogens is 301 g/mol. The van der Waals surface area contributed by atoms with Gasteiger partial charge in [-0.25, -0.2) is 0 Å². The first-order chi connectivity index (χ1) is 11.5. The van der Waals surface area contributed by atoms with Gasteiger partial charge in [0.05, 0.1) is 13.2 Å². The summed E-state index contributed by atoms with van der Waals surface area (Å²) in [7, 11) is -4.36. The van der Waals surface area contributed by atoms with Crippen LogP contribution in [0.1, 0.15) is 13.9 Å². The van der Waals surface area contributed by atoms with E-state index in [2.05, 4.69) is 10.0 Å². The molecule has 2 rings (SSSR count). The van der Waals surface area contributed by atoms with Gasteiger partial charge in [0.2, 0.25) is 0 Å². The van der Waals surface area contributed by atoms with Crippen LogP contribution in [0.2, 0.25) is 0 Å². The van der Waals surface area contributed by atoms with Crippen molar-refractivity contribution in [3.05, 3.63) is 82.2 Å². The maximum absolute atomic E-state index is 12.9. The van der Waals surface area contributed by atoms with Crippen LogP contribution in [-0.2, 0) is 26.8 Å². The predicted octanol–water partition coefficient (Wildman–Crippen LogP) is 4.88. The van der Waals surface area contributed by atoms with E-state index < -0.39 is 13.8 Å². The van der Waals surface area contributed by atoms with E-state index in [1.807, 2.05) is 12.1 Å². The summed E-state index contributed by atoms with van der Waals surface area (Å²) >= 11 is 0. The minimum absolute atomic E-state index is 0.132. The van der Waals surface area contributed by atoms with Crippen molar-refractivity contribution in [1.29, 1.82) is 0 Å². The highest BCUT2D eigenvalue weighted by molar-refractivity contribution is 7.53. The Morgan fingerprint density at radius 2 is 1.45 bits per heavy atom. The minimum Gasteiger partial charge on any atom is -0.304 e. The van der Waals surface area contributed by atoms with Gasteiger partial charge in [0, 0.05) is 7.65 Å². The van der Waals surface area contributed by atoms with Crippen LogP contribution < -0.4 is 0 Å². The zero-order valence-corrected chi connectivity index (χ0v) is 12.6. The van der Waals surface area contributed by atoms with Crippen LogP contribution >= 0.6 is 7.60 Å². The summed E-state index contributed by atoms with van der Waals surface area (Å²) in [6.45, 7) is -0.263. The Labute approximate surface area is 131 Å². The molecule has 2 aromatic rings. The van der Waals surface area contributed by atoms with Crippen LogP contribution in [0.3, 0.4) is 0 Å². The number of nitrogens with zero attached hydrogens (tertiary/aromatic N) is 3. The molecule has 114 valence electrons. The van der Waals surface area contributed by atoms with E-state index in [0.29, 0.717) is 11.1 Å². The van der Waals surface area contributed by atoms with Crippen molar-refractivity contribution in [1.82, 2.24) is 0 Å². The summed E-state index contributed by atoms with van der Waals surface area (Å²) in [5.74, 6) is 0. The fourth-order valence-electron chi connectivity index (χ4n) is 1.64. The lowest BCUT2D eigenvalue weighted by molar-refractivity contribution is 0.191. The lowest BCUT2D eigenvalue weighted by atomic mass is 10.2. The van der Waals surface area contributed by atoms with Gasteiger partial charge in [-0.1, -0.05) is 65.8 Å². The van der Waals surface area contributed by atoms with E-state index in [4.69, 9.17) is 17.3 Å². The Morgan fingerprint density at radius 1 is 1.00 bits per heavy atom. The molecule has 0 amide bonds. The van der Waals surface area contributed by atoms with Gasteiger partial charge >= 0.3 is 7.60 Å². The zero-order valence-electron chi connectivity index (χ0n) is 13.7. The standard InChI is InChI=1S/C15H16N3O3P/c16-18-17-13-22(19,20-11-14-7-3-1-4-8-14)21-12-15-9-5-2-6-10-15/h1-10H,11-13H2/i13D2. The van der Waals surface area contributed by atoms with Gasteiger partial charge in [-0.3, -0.25) is 4.57 Å². The Kier molecular flexibility index (Phi) is 5.16. The SMILES string of the molecule is [2H]C([2H])(N=[N+]=[N-])P(=O)(OCc1ccccc1)OCc1ccccc1. The molecule has 0 atom stereocenters. The van der Waals surface area contributed by atoms with Crippen LogP contribution in [0.15, 0.2) is 65.8 Å². The molecule has 22 heavy (non-hydrogen) atoms. The molecule has 0 unspecified atom stereocenters. The van der Waals surface area contributed by atoms with Crippen molar-refractivity contribution in [3.63, 3.8) is 0 Å². The van der Waals surface area contributed by atoms with Gasteiger partial charge in [0.25, 0.3) is 0 Å². The summed E-state index contributed by atoms with van der Waals surface area (Å²) in [6, 6.07) is 17.7. The number of hydrogen-bond acceptors (Lipinski definition) is 4. The van der Waals surface area contributed by atoms with Crippen molar-refractivity contribution in [2.24, 2.45) is 5.11 Å². The molecule has 0 radical (unpaired) electrons. The van der Waals surface area contributed by atoms with Gasteiger partial charge in [0.15, 0.2) is 0 Å². The Morgan fingerprint density at radius 3 is 1.86 bits per heavy atom. The smallest absolute Gasteiger partial charge is 0.304 e. The molecular formula is C15H16N3O3P. The van der Waals surface area contributed by atoms with Crippen LogP contribution in [0.4, 0.5) is 0 Å². The summed E-state index contributed by atoms with van der Waals surface area (Å²) in [5, 5.41) is 2.95. The van der Waals surface area contributed by atoms with Crippen LogP contribution in [0.25, 0.3) is 10.4 Å². The van der Waals surface area contributed by atoms with Gasteiger partial charge in [-0.05, 0) is 16.7 Å². The van der Waals surface area contributed by atoms with Crippen molar-refractivity contribution >= 4 is 7.60 Å². The second-order valence-electron chi connectivity index (χ2n) is 4.30. The maximum atomic E-state index is 12.9. The molecule has 0 saturated carbocycles. The number of benzene rings is 2. The molecule has 6 nitrogen and oxygen atoms in total. The average molecular weight is 319 g/mol. The normalized spacial score (nSPS) is 12.9. The van der Waals surface area contributed by atoms with Crippen molar-refractivity contribution in [2.75, 3.05) is 6.24 Å². The molecule has 2 aromatic carbocycles. The van der Waals surface area contributed by atoms with Gasteiger partial charge in [-0.2, -0.15) is 0 Å². The third kappa shape index (κ3) is 5.35. The number of azide groups is 1. The van der Waals surface area contributed by atoms with Gasteiger partial charge in [0.1, 0.15) is 6.24 Å². The predicted molar refractivity (Wildman–Crippen MR) is 84.1 cm³/mol. The monoisotopic (exact) mass is 319 g/mol. The topological polar surface area (TPSA) is 84.3 Å². The largest absolute Gasteiger partial charge is 0.337 e. The maximum Gasteiger partial charge on any atom is 0.337 e. The third-order valence-corrected chi connectivity index (χ3v) is 3.97. The molecule has 0 N–H and O–H groups in total. The molecule has 0 heterocycles. The fourth-order valence-corrected chi connectivity index (χ4v) is 2.61. The lowest BCUT2D eigenvalue weighted by Gasteiger charge is -2.17. The van der Waals surface area contributed by atoms with Crippen LogP contribution in [0, 0.1) is 0 Å². The van der Waals surface area contributed by atoms with Gasteiger partial charge in [-0.15, -0.1) is 0 Å². The molecule has 0 bridgehead atoms. The van der Waals surface area contributed by atoms with Crippen molar-refractivity contribution in [2.45, 2.75) is 13.2 Å². The number of hydrogen-bond donors (Lipinski definition) is 0. The first-order valence-corrected chi connectivity index (χ1v) is 8.04. The third-order valence-electron chi connectivity index (χ3n) is 2.70. The highest BCUT2D eigenvalue weighted by Gasteiger charge is 2.24. The second kappa shape index (κ2) is 8.37. The van der Waals surface area contributed by atoms with Crippen LogP contribution in [0.5, 0.6) is 0 Å². The van der Waals surface area contributed by atoms with E-state index >= 15 is 0 Å². The van der Waals surface area contributed by atoms with Crippen LogP contribution in [-0.4, -0.2) is 6.24 Å². The quantitative estimate of drug-likeness (QED) is 0.301. The second-order valence-corrected chi connectivity index (χ2v) is 6.02. The zero-order chi connectivity index (χ0) is 17.5. The molecule has 0 saturated heterocycles. The summed E-state index contributed by atoms with van der Waals surface area (Å²) in [6.07, 6.45) is -2.81. The van der Waals surface area contributed by atoms with E-state index in [0.717, 1.165) is 0 Å². The molecule has 0 aliphatic heterocycles. The Bertz CT molecular complexity index is 706. The first-order valence-electron chi connectivity index (χ1n) is 7.50. The molecule has 0 spiro atoms. The minimum atomic E-state index is -4.36. The summed E-state index contributed by atoms with van der Waals surface area (Å²) < 4.78 is 38.9. The van der Waals surface area contributed by atoms with E-state index in [-0.39, 0.29) is 13.2 Å². The van der Waals surface area contributed by atoms with E-state index in [1.165, 1.54) is 0 Å². The fraction of sp³-hybridized carbons (Fsp3) is 0.200. The van der Waals surface area contributed by atoms with Crippen molar-refractivity contribution in [3.8, 4) is 0 Å². The molecule has 7 heteroatoms. The Hall–Kier alpha value is -2.10. The van der Waals surface area contributed by atoms with Gasteiger partial charge < -0.3 is 9.05 Å². The first kappa shape index (κ1) is 13.6. The summed E-state index contributed by atoms with van der Waals surface area (Å²) in [5.41, 5.74) is 9.91. The van der Waals surface area contributed by atoms with E-state index in [9.17, 15) is 4.57 Å². The molecule has 0 aliphatic carbocycles. The molecule has 0 aromatic heterocycles. The lowest BCUT2D eigenvalue weighted by Crippen LogP contribution is -2.00. The highest BCUT2D eigenvalue weighted by Crippen LogP contribution is 2.49. The molecule has 0 fully saturated rings. The van der Waals surface area contributed by atoms with E-state index in [1.54, 1.807) is 48.5 Å². The summed E-state index contributed by atoms with van der Waals surface area (Å²) in [4.78, 5) is 2.40. The molecule has 0 aliphatic rings. The highest BCUT2D eigenvalue weighted by atomic mass is 31.2. The van der Waals surface area contributed by atoms with Crippen molar-refractivity contribution < 1.29 is 16.4 Å². The number of rotatable bonds is 8. The average Bonchev–Trinajstić information content (AvgIpc) is 2.60.